The molecule has 0 heterocycles. The summed E-state index contributed by atoms with van der Waals surface area (Å²) >= 11 is 0. The fourth-order valence-corrected chi connectivity index (χ4v) is 2.78. The van der Waals surface area contributed by atoms with E-state index < -0.39 is 0 Å². The van der Waals surface area contributed by atoms with Crippen LogP contribution in [0, 0.1) is 17.8 Å². The SMILES string of the molecule is CC(C)C(CO)CCCC1CCCCC1. The van der Waals surface area contributed by atoms with Crippen LogP contribution in [0.25, 0.3) is 0 Å². The molecule has 90 valence electrons. The van der Waals surface area contributed by atoms with Gasteiger partial charge < -0.3 is 5.11 Å². The van der Waals surface area contributed by atoms with Gasteiger partial charge in [-0.25, -0.2) is 0 Å². The molecule has 0 spiro atoms. The molecule has 15 heavy (non-hydrogen) atoms. The third-order valence-electron chi connectivity index (χ3n) is 4.09. The Morgan fingerprint density at radius 2 is 1.80 bits per heavy atom. The minimum Gasteiger partial charge on any atom is -0.396 e. The second-order valence-corrected chi connectivity index (χ2v) is 5.62. The topological polar surface area (TPSA) is 20.2 Å². The lowest BCUT2D eigenvalue weighted by Gasteiger charge is -2.23. The summed E-state index contributed by atoms with van der Waals surface area (Å²) < 4.78 is 0. The molecule has 1 aliphatic rings. The van der Waals surface area contributed by atoms with E-state index in [0.29, 0.717) is 18.4 Å². The minimum absolute atomic E-state index is 0.377. The quantitative estimate of drug-likeness (QED) is 0.705. The van der Waals surface area contributed by atoms with Gasteiger partial charge in [-0.3, -0.25) is 0 Å². The van der Waals surface area contributed by atoms with Crippen molar-refractivity contribution in [3.8, 4) is 0 Å². The van der Waals surface area contributed by atoms with Crippen LogP contribution < -0.4 is 0 Å². The molecule has 1 atom stereocenters. The van der Waals surface area contributed by atoms with Gasteiger partial charge in [0.15, 0.2) is 0 Å². The maximum Gasteiger partial charge on any atom is 0.0461 e. The van der Waals surface area contributed by atoms with Gasteiger partial charge >= 0.3 is 0 Å². The van der Waals surface area contributed by atoms with Crippen molar-refractivity contribution < 1.29 is 5.11 Å². The van der Waals surface area contributed by atoms with E-state index in [-0.39, 0.29) is 0 Å². The van der Waals surface area contributed by atoms with Crippen LogP contribution in [0.2, 0.25) is 0 Å². The first-order valence-corrected chi connectivity index (χ1v) is 6.85. The van der Waals surface area contributed by atoms with Crippen LogP contribution in [0.5, 0.6) is 0 Å². The van der Waals surface area contributed by atoms with E-state index in [9.17, 15) is 5.11 Å². The minimum atomic E-state index is 0.377. The van der Waals surface area contributed by atoms with E-state index >= 15 is 0 Å². The Balaban J connectivity index is 2.08. The summed E-state index contributed by atoms with van der Waals surface area (Å²) in [5.41, 5.74) is 0. The smallest absolute Gasteiger partial charge is 0.0461 e. The number of hydrogen-bond acceptors (Lipinski definition) is 1. The lowest BCUT2D eigenvalue weighted by Crippen LogP contribution is -2.14. The van der Waals surface area contributed by atoms with Crippen LogP contribution in [0.4, 0.5) is 0 Å². The summed E-state index contributed by atoms with van der Waals surface area (Å²) in [6.45, 7) is 4.82. The summed E-state index contributed by atoms with van der Waals surface area (Å²) in [6, 6.07) is 0. The highest BCUT2D eigenvalue weighted by molar-refractivity contribution is 4.68. The van der Waals surface area contributed by atoms with E-state index in [1.807, 2.05) is 0 Å². The van der Waals surface area contributed by atoms with Gasteiger partial charge in [0.2, 0.25) is 0 Å². The molecule has 0 aromatic rings. The molecule has 1 heteroatoms. The maximum absolute atomic E-state index is 9.23. The van der Waals surface area contributed by atoms with Gasteiger partial charge in [0.05, 0.1) is 0 Å². The van der Waals surface area contributed by atoms with Crippen molar-refractivity contribution in [3.63, 3.8) is 0 Å². The Morgan fingerprint density at radius 1 is 1.13 bits per heavy atom. The molecule has 0 amide bonds. The highest BCUT2D eigenvalue weighted by Crippen LogP contribution is 2.29. The van der Waals surface area contributed by atoms with Gasteiger partial charge in [-0.1, -0.05) is 58.8 Å². The molecule has 0 bridgehead atoms. The second-order valence-electron chi connectivity index (χ2n) is 5.62. The molecular weight excluding hydrogens is 184 g/mol. The van der Waals surface area contributed by atoms with Crippen molar-refractivity contribution >= 4 is 0 Å². The van der Waals surface area contributed by atoms with Gasteiger partial charge in [0, 0.05) is 6.61 Å². The Hall–Kier alpha value is -0.0400. The Labute approximate surface area is 95.3 Å². The molecule has 1 saturated carbocycles. The van der Waals surface area contributed by atoms with E-state index in [2.05, 4.69) is 13.8 Å². The van der Waals surface area contributed by atoms with Crippen LogP contribution in [0.3, 0.4) is 0 Å². The number of aliphatic hydroxyl groups is 1. The normalized spacial score (nSPS) is 20.8. The maximum atomic E-state index is 9.23. The van der Waals surface area contributed by atoms with Crippen LogP contribution in [-0.2, 0) is 0 Å². The van der Waals surface area contributed by atoms with Crippen LogP contribution in [0.15, 0.2) is 0 Å². The second kappa shape index (κ2) is 7.27. The zero-order valence-electron chi connectivity index (χ0n) is 10.5. The van der Waals surface area contributed by atoms with E-state index in [1.54, 1.807) is 0 Å². The van der Waals surface area contributed by atoms with Gasteiger partial charge in [0.25, 0.3) is 0 Å². The summed E-state index contributed by atoms with van der Waals surface area (Å²) in [7, 11) is 0. The van der Waals surface area contributed by atoms with Crippen LogP contribution in [0.1, 0.15) is 65.2 Å². The first kappa shape index (κ1) is 13.0. The molecular formula is C14H28O. The molecule has 0 aromatic heterocycles. The van der Waals surface area contributed by atoms with Crippen molar-refractivity contribution in [2.45, 2.75) is 65.2 Å². The summed E-state index contributed by atoms with van der Waals surface area (Å²) in [5.74, 6) is 2.18. The Kier molecular flexibility index (Phi) is 6.31. The molecule has 1 nitrogen and oxygen atoms in total. The predicted octanol–water partition coefficient (Wildman–Crippen LogP) is 4.00. The van der Waals surface area contributed by atoms with Gasteiger partial charge in [-0.05, 0) is 24.2 Å². The molecule has 0 aliphatic heterocycles. The fourth-order valence-electron chi connectivity index (χ4n) is 2.78. The Bertz CT molecular complexity index is 147. The molecule has 1 unspecified atom stereocenters. The van der Waals surface area contributed by atoms with Crippen molar-refractivity contribution in [2.75, 3.05) is 6.61 Å². The molecule has 1 N–H and O–H groups in total. The molecule has 0 saturated heterocycles. The third kappa shape index (κ3) is 5.01. The van der Waals surface area contributed by atoms with Gasteiger partial charge in [-0.15, -0.1) is 0 Å². The number of aliphatic hydroxyl groups excluding tert-OH is 1. The van der Waals surface area contributed by atoms with Crippen molar-refractivity contribution in [1.29, 1.82) is 0 Å². The molecule has 0 aromatic carbocycles. The summed E-state index contributed by atoms with van der Waals surface area (Å²) in [4.78, 5) is 0. The average Bonchev–Trinajstić information content (AvgIpc) is 2.25. The zero-order chi connectivity index (χ0) is 11.1. The largest absolute Gasteiger partial charge is 0.396 e. The summed E-state index contributed by atoms with van der Waals surface area (Å²) in [5, 5.41) is 9.23. The lowest BCUT2D eigenvalue weighted by atomic mass is 9.83. The highest BCUT2D eigenvalue weighted by Gasteiger charge is 2.15. The molecule has 1 aliphatic carbocycles. The first-order valence-electron chi connectivity index (χ1n) is 6.85. The lowest BCUT2D eigenvalue weighted by molar-refractivity contribution is 0.174. The highest BCUT2D eigenvalue weighted by atomic mass is 16.3. The van der Waals surface area contributed by atoms with E-state index in [1.165, 1.54) is 51.4 Å². The van der Waals surface area contributed by atoms with E-state index in [4.69, 9.17) is 0 Å². The van der Waals surface area contributed by atoms with Crippen molar-refractivity contribution in [3.05, 3.63) is 0 Å². The Morgan fingerprint density at radius 3 is 2.33 bits per heavy atom. The fraction of sp³-hybridized carbons (Fsp3) is 1.00. The number of hydrogen-bond donors (Lipinski definition) is 1. The molecule has 1 fully saturated rings. The van der Waals surface area contributed by atoms with E-state index in [0.717, 1.165) is 5.92 Å². The number of rotatable bonds is 6. The predicted molar refractivity (Wildman–Crippen MR) is 65.8 cm³/mol. The molecule has 0 radical (unpaired) electrons. The molecule has 1 rings (SSSR count). The summed E-state index contributed by atoms with van der Waals surface area (Å²) in [6.07, 6.45) is 11.3. The van der Waals surface area contributed by atoms with Gasteiger partial charge in [-0.2, -0.15) is 0 Å². The van der Waals surface area contributed by atoms with Crippen molar-refractivity contribution in [2.24, 2.45) is 17.8 Å². The standard InChI is InChI=1S/C14H28O/c1-12(2)14(11-15)10-6-9-13-7-4-3-5-8-13/h12-15H,3-11H2,1-2H3. The average molecular weight is 212 g/mol. The zero-order valence-corrected chi connectivity index (χ0v) is 10.5. The van der Waals surface area contributed by atoms with Crippen LogP contribution >= 0.6 is 0 Å². The van der Waals surface area contributed by atoms with Gasteiger partial charge in [0.1, 0.15) is 0 Å². The monoisotopic (exact) mass is 212 g/mol. The van der Waals surface area contributed by atoms with Crippen LogP contribution in [-0.4, -0.2) is 11.7 Å². The first-order chi connectivity index (χ1) is 7.24. The van der Waals surface area contributed by atoms with Crippen molar-refractivity contribution in [1.82, 2.24) is 0 Å². The third-order valence-corrected chi connectivity index (χ3v) is 4.09.